The van der Waals surface area contributed by atoms with Crippen molar-refractivity contribution in [2.45, 2.75) is 26.3 Å². The second-order valence-corrected chi connectivity index (χ2v) is 4.27. The van der Waals surface area contributed by atoms with E-state index in [4.69, 9.17) is 4.74 Å². The predicted octanol–water partition coefficient (Wildman–Crippen LogP) is 1.41. The number of carbonyl (C=O) groups excluding carboxylic acids is 1. The van der Waals surface area contributed by atoms with Gasteiger partial charge in [-0.3, -0.25) is 4.79 Å². The number of amides is 1. The monoisotopic (exact) mass is 266 g/mol. The van der Waals surface area contributed by atoms with E-state index in [1.54, 1.807) is 25.3 Å². The smallest absolute Gasteiger partial charge is 0.221 e. The number of benzene rings is 1. The number of methoxy groups -OCH3 is 1. The van der Waals surface area contributed by atoms with E-state index in [1.807, 2.05) is 6.92 Å². The Balaban J connectivity index is 2.27. The van der Waals surface area contributed by atoms with Crippen molar-refractivity contribution >= 4 is 5.91 Å². The zero-order valence-electron chi connectivity index (χ0n) is 11.5. The van der Waals surface area contributed by atoms with Crippen LogP contribution in [0.4, 0.5) is 0 Å². The maximum Gasteiger partial charge on any atom is 0.221 e. The number of phenols is 1. The van der Waals surface area contributed by atoms with Crippen LogP contribution in [0.1, 0.15) is 25.3 Å². The lowest BCUT2D eigenvalue weighted by atomic mass is 10.2. The lowest BCUT2D eigenvalue weighted by Crippen LogP contribution is -2.28. The first-order valence-corrected chi connectivity index (χ1v) is 6.50. The number of carbonyl (C=O) groups is 1. The molecule has 0 aromatic heterocycles. The van der Waals surface area contributed by atoms with Gasteiger partial charge < -0.3 is 20.5 Å². The molecule has 1 rings (SSSR count). The number of hydrogen-bond donors (Lipinski definition) is 3. The van der Waals surface area contributed by atoms with Crippen molar-refractivity contribution in [3.63, 3.8) is 0 Å². The van der Waals surface area contributed by atoms with E-state index < -0.39 is 0 Å². The number of rotatable bonds is 8. The molecule has 19 heavy (non-hydrogen) atoms. The fourth-order valence-electron chi connectivity index (χ4n) is 1.60. The van der Waals surface area contributed by atoms with Crippen LogP contribution in [0.25, 0.3) is 0 Å². The topological polar surface area (TPSA) is 70.6 Å². The van der Waals surface area contributed by atoms with E-state index in [0.29, 0.717) is 25.3 Å². The van der Waals surface area contributed by atoms with Crippen molar-refractivity contribution in [3.8, 4) is 11.5 Å². The van der Waals surface area contributed by atoms with Crippen molar-refractivity contribution in [3.05, 3.63) is 23.8 Å². The average Bonchev–Trinajstić information content (AvgIpc) is 2.42. The molecule has 0 atom stereocenters. The van der Waals surface area contributed by atoms with Gasteiger partial charge in [0, 0.05) is 37.7 Å². The van der Waals surface area contributed by atoms with E-state index in [1.165, 1.54) is 0 Å². The third kappa shape index (κ3) is 5.61. The van der Waals surface area contributed by atoms with Crippen LogP contribution in [0.15, 0.2) is 18.2 Å². The molecule has 0 saturated heterocycles. The second kappa shape index (κ2) is 8.37. The van der Waals surface area contributed by atoms with Crippen LogP contribution in [0.5, 0.6) is 11.5 Å². The number of hydrogen-bond acceptors (Lipinski definition) is 4. The van der Waals surface area contributed by atoms with Crippen LogP contribution in [0, 0.1) is 0 Å². The fourth-order valence-corrected chi connectivity index (χ4v) is 1.60. The summed E-state index contributed by atoms with van der Waals surface area (Å²) in [7, 11) is 1.56. The van der Waals surface area contributed by atoms with Crippen LogP contribution >= 0.6 is 0 Å². The van der Waals surface area contributed by atoms with Crippen molar-refractivity contribution in [1.29, 1.82) is 0 Å². The fraction of sp³-hybridized carbons (Fsp3) is 0.500. The van der Waals surface area contributed by atoms with E-state index in [-0.39, 0.29) is 11.7 Å². The molecule has 1 amide bonds. The summed E-state index contributed by atoms with van der Waals surface area (Å²) in [5.74, 6) is 0.871. The lowest BCUT2D eigenvalue weighted by Gasteiger charge is -2.08. The van der Waals surface area contributed by atoms with Crippen LogP contribution in [-0.4, -0.2) is 31.2 Å². The third-order valence-electron chi connectivity index (χ3n) is 2.71. The van der Waals surface area contributed by atoms with Gasteiger partial charge in [0.25, 0.3) is 0 Å². The summed E-state index contributed by atoms with van der Waals surface area (Å²) in [4.78, 5) is 11.3. The molecular formula is C14H22N2O3. The molecule has 0 unspecified atom stereocenters. The van der Waals surface area contributed by atoms with E-state index >= 15 is 0 Å². The SMILES string of the molecule is CCCNC(=O)CCNCc1ccc(OC)cc1O. The van der Waals surface area contributed by atoms with Crippen molar-refractivity contribution in [2.24, 2.45) is 0 Å². The maximum absolute atomic E-state index is 11.3. The molecule has 3 N–H and O–H groups in total. The van der Waals surface area contributed by atoms with Crippen molar-refractivity contribution in [2.75, 3.05) is 20.2 Å². The van der Waals surface area contributed by atoms with Gasteiger partial charge in [0.05, 0.1) is 7.11 Å². The molecule has 1 aromatic carbocycles. The zero-order valence-corrected chi connectivity index (χ0v) is 11.5. The van der Waals surface area contributed by atoms with Crippen LogP contribution in [-0.2, 0) is 11.3 Å². The van der Waals surface area contributed by atoms with Crippen LogP contribution in [0.2, 0.25) is 0 Å². The average molecular weight is 266 g/mol. The summed E-state index contributed by atoms with van der Waals surface area (Å²) in [6.45, 7) is 3.85. The summed E-state index contributed by atoms with van der Waals surface area (Å²) in [5, 5.41) is 15.7. The molecule has 0 radical (unpaired) electrons. The Kier molecular flexibility index (Phi) is 6.74. The summed E-state index contributed by atoms with van der Waals surface area (Å²) in [5.41, 5.74) is 0.787. The molecule has 5 heteroatoms. The molecule has 0 fully saturated rings. The molecule has 0 aliphatic heterocycles. The summed E-state index contributed by atoms with van der Waals surface area (Å²) >= 11 is 0. The molecule has 0 saturated carbocycles. The molecule has 0 aliphatic carbocycles. The van der Waals surface area contributed by atoms with E-state index in [2.05, 4.69) is 10.6 Å². The number of aromatic hydroxyl groups is 1. The molecule has 0 aliphatic rings. The molecule has 0 bridgehead atoms. The highest BCUT2D eigenvalue weighted by Gasteiger charge is 2.03. The van der Waals surface area contributed by atoms with Gasteiger partial charge in [0.15, 0.2) is 0 Å². The highest BCUT2D eigenvalue weighted by atomic mass is 16.5. The molecule has 106 valence electrons. The predicted molar refractivity (Wildman–Crippen MR) is 74.3 cm³/mol. The maximum atomic E-state index is 11.3. The first-order chi connectivity index (χ1) is 9.17. The minimum atomic E-state index is 0.0494. The normalized spacial score (nSPS) is 10.2. The van der Waals surface area contributed by atoms with Crippen LogP contribution in [0.3, 0.4) is 0 Å². The minimum absolute atomic E-state index is 0.0494. The molecule has 5 nitrogen and oxygen atoms in total. The Morgan fingerprint density at radius 2 is 2.16 bits per heavy atom. The Labute approximate surface area is 114 Å². The van der Waals surface area contributed by atoms with Gasteiger partial charge >= 0.3 is 0 Å². The molecule has 0 heterocycles. The quantitative estimate of drug-likeness (QED) is 0.622. The number of ether oxygens (including phenoxy) is 1. The van der Waals surface area contributed by atoms with Gasteiger partial charge in [0.2, 0.25) is 5.91 Å². The Hall–Kier alpha value is -1.75. The standard InChI is InChI=1S/C14H22N2O3/c1-3-7-16-14(18)6-8-15-10-11-4-5-12(19-2)9-13(11)17/h4-5,9,15,17H,3,6-8,10H2,1-2H3,(H,16,18). The Morgan fingerprint density at radius 1 is 1.37 bits per heavy atom. The number of phenolic OH excluding ortho intramolecular Hbond substituents is 1. The number of nitrogens with one attached hydrogen (secondary N) is 2. The summed E-state index contributed by atoms with van der Waals surface area (Å²) in [6, 6.07) is 5.17. The second-order valence-electron chi connectivity index (χ2n) is 4.27. The summed E-state index contributed by atoms with van der Waals surface area (Å²) < 4.78 is 5.01. The van der Waals surface area contributed by atoms with Gasteiger partial charge in [-0.05, 0) is 12.5 Å². The summed E-state index contributed by atoms with van der Waals surface area (Å²) in [6.07, 6.45) is 1.38. The largest absolute Gasteiger partial charge is 0.507 e. The molecule has 0 spiro atoms. The van der Waals surface area contributed by atoms with E-state index in [0.717, 1.165) is 18.5 Å². The lowest BCUT2D eigenvalue weighted by molar-refractivity contribution is -0.120. The Bertz CT molecular complexity index is 408. The van der Waals surface area contributed by atoms with Gasteiger partial charge in [-0.25, -0.2) is 0 Å². The molecular weight excluding hydrogens is 244 g/mol. The van der Waals surface area contributed by atoms with Gasteiger partial charge in [0.1, 0.15) is 11.5 Å². The third-order valence-corrected chi connectivity index (χ3v) is 2.71. The molecule has 1 aromatic rings. The minimum Gasteiger partial charge on any atom is -0.507 e. The highest BCUT2D eigenvalue weighted by Crippen LogP contribution is 2.22. The van der Waals surface area contributed by atoms with Gasteiger partial charge in [-0.1, -0.05) is 13.0 Å². The van der Waals surface area contributed by atoms with E-state index in [9.17, 15) is 9.90 Å². The first kappa shape index (κ1) is 15.3. The van der Waals surface area contributed by atoms with Crippen molar-refractivity contribution < 1.29 is 14.6 Å². The zero-order chi connectivity index (χ0) is 14.1. The highest BCUT2D eigenvalue weighted by molar-refractivity contribution is 5.75. The van der Waals surface area contributed by atoms with Gasteiger partial charge in [-0.15, -0.1) is 0 Å². The first-order valence-electron chi connectivity index (χ1n) is 6.50. The van der Waals surface area contributed by atoms with Crippen molar-refractivity contribution in [1.82, 2.24) is 10.6 Å². The van der Waals surface area contributed by atoms with Gasteiger partial charge in [-0.2, -0.15) is 0 Å². The van der Waals surface area contributed by atoms with Crippen LogP contribution < -0.4 is 15.4 Å². The Morgan fingerprint density at radius 3 is 2.79 bits per heavy atom.